The molecule has 0 saturated heterocycles. The van der Waals surface area contributed by atoms with Gasteiger partial charge in [0.25, 0.3) is 0 Å². The monoisotopic (exact) mass is 267 g/mol. The molecule has 1 rings (SSSR count). The largest absolute Gasteiger partial charge is 0.370 e. The van der Waals surface area contributed by atoms with E-state index in [9.17, 15) is 14.0 Å². The molecule has 104 valence electrons. The first kappa shape index (κ1) is 15.1. The predicted molar refractivity (Wildman–Crippen MR) is 70.9 cm³/mol. The molecule has 0 unspecified atom stereocenters. The van der Waals surface area contributed by atoms with Crippen molar-refractivity contribution in [2.75, 3.05) is 18.4 Å². The molecule has 5 nitrogen and oxygen atoms in total. The normalized spacial score (nSPS) is 10.2. The van der Waals surface area contributed by atoms with E-state index in [0.717, 1.165) is 6.42 Å². The summed E-state index contributed by atoms with van der Waals surface area (Å²) in [5.41, 5.74) is 5.56. The van der Waals surface area contributed by atoms with Crippen molar-refractivity contribution in [3.63, 3.8) is 0 Å². The Bertz CT molecular complexity index is 420. The van der Waals surface area contributed by atoms with Gasteiger partial charge in [-0.2, -0.15) is 0 Å². The zero-order valence-electron chi connectivity index (χ0n) is 10.6. The highest BCUT2D eigenvalue weighted by molar-refractivity contribution is 5.92. The second-order valence-electron chi connectivity index (χ2n) is 4.16. The summed E-state index contributed by atoms with van der Waals surface area (Å²) in [5.74, 6) is -0.846. The Hall–Kier alpha value is -1.95. The lowest BCUT2D eigenvalue weighted by Gasteiger charge is -2.06. The molecule has 0 aliphatic heterocycles. The highest BCUT2D eigenvalue weighted by Gasteiger charge is 2.02. The lowest BCUT2D eigenvalue weighted by Crippen LogP contribution is -2.28. The first-order chi connectivity index (χ1) is 9.08. The van der Waals surface area contributed by atoms with Crippen LogP contribution in [0.1, 0.15) is 19.3 Å². The standard InChI is InChI=1S/C13H18FN3O2/c14-10-4-6-11(7-5-10)17-13(19)9-16-8-2-1-3-12(15)18/h4-7,16H,1-3,8-9H2,(H2,15,18)(H,17,19). The SMILES string of the molecule is NC(=O)CCCCNCC(=O)Nc1ccc(F)cc1. The molecule has 0 heterocycles. The summed E-state index contributed by atoms with van der Waals surface area (Å²) in [5, 5.41) is 5.59. The molecule has 1 aromatic carbocycles. The molecule has 0 fully saturated rings. The average Bonchev–Trinajstić information content (AvgIpc) is 2.36. The van der Waals surface area contributed by atoms with Crippen molar-refractivity contribution >= 4 is 17.5 Å². The maximum absolute atomic E-state index is 12.6. The van der Waals surface area contributed by atoms with E-state index in [4.69, 9.17) is 5.73 Å². The van der Waals surface area contributed by atoms with E-state index in [1.807, 2.05) is 0 Å². The number of amides is 2. The van der Waals surface area contributed by atoms with E-state index in [2.05, 4.69) is 10.6 Å². The molecule has 0 radical (unpaired) electrons. The minimum atomic E-state index is -0.342. The molecule has 0 saturated carbocycles. The van der Waals surface area contributed by atoms with Crippen molar-refractivity contribution in [3.8, 4) is 0 Å². The van der Waals surface area contributed by atoms with Gasteiger partial charge in [-0.15, -0.1) is 0 Å². The van der Waals surface area contributed by atoms with Gasteiger partial charge in [0.05, 0.1) is 6.54 Å². The van der Waals surface area contributed by atoms with Crippen LogP contribution >= 0.6 is 0 Å². The number of carbonyl (C=O) groups excluding carboxylic acids is 2. The summed E-state index contributed by atoms with van der Waals surface area (Å²) in [7, 11) is 0. The Morgan fingerprint density at radius 3 is 2.47 bits per heavy atom. The minimum absolute atomic E-state index is 0.175. The fourth-order valence-electron chi connectivity index (χ4n) is 1.49. The van der Waals surface area contributed by atoms with Gasteiger partial charge < -0.3 is 16.4 Å². The number of carbonyl (C=O) groups is 2. The summed E-state index contributed by atoms with van der Waals surface area (Å²) in [6.45, 7) is 0.818. The van der Waals surface area contributed by atoms with Crippen molar-refractivity contribution in [2.24, 2.45) is 5.73 Å². The van der Waals surface area contributed by atoms with Crippen LogP contribution in [0.2, 0.25) is 0 Å². The van der Waals surface area contributed by atoms with Gasteiger partial charge in [0, 0.05) is 12.1 Å². The minimum Gasteiger partial charge on any atom is -0.370 e. The number of benzene rings is 1. The van der Waals surface area contributed by atoms with E-state index < -0.39 is 0 Å². The zero-order valence-corrected chi connectivity index (χ0v) is 10.6. The summed E-state index contributed by atoms with van der Waals surface area (Å²) in [6, 6.07) is 5.57. The van der Waals surface area contributed by atoms with Crippen molar-refractivity contribution in [1.29, 1.82) is 0 Å². The van der Waals surface area contributed by atoms with Crippen LogP contribution in [0.4, 0.5) is 10.1 Å². The van der Waals surface area contributed by atoms with E-state index in [1.165, 1.54) is 24.3 Å². The fourth-order valence-corrected chi connectivity index (χ4v) is 1.49. The summed E-state index contributed by atoms with van der Waals surface area (Å²) in [6.07, 6.45) is 1.86. The molecule has 0 bridgehead atoms. The van der Waals surface area contributed by atoms with Gasteiger partial charge in [-0.25, -0.2) is 4.39 Å². The zero-order chi connectivity index (χ0) is 14.1. The Kier molecular flexibility index (Phi) is 6.52. The Balaban J connectivity index is 2.11. The summed E-state index contributed by atoms with van der Waals surface area (Å²) >= 11 is 0. The molecule has 1 aromatic rings. The van der Waals surface area contributed by atoms with Crippen LogP contribution in [-0.2, 0) is 9.59 Å². The van der Waals surface area contributed by atoms with Crippen LogP contribution in [0.3, 0.4) is 0 Å². The van der Waals surface area contributed by atoms with E-state index >= 15 is 0 Å². The topological polar surface area (TPSA) is 84.2 Å². The average molecular weight is 267 g/mol. The second-order valence-corrected chi connectivity index (χ2v) is 4.16. The van der Waals surface area contributed by atoms with Gasteiger partial charge in [-0.05, 0) is 43.7 Å². The Morgan fingerprint density at radius 2 is 1.84 bits per heavy atom. The van der Waals surface area contributed by atoms with E-state index in [1.54, 1.807) is 0 Å². The third kappa shape index (κ3) is 7.15. The molecule has 0 aliphatic rings. The summed E-state index contributed by atoms with van der Waals surface area (Å²) < 4.78 is 12.6. The molecule has 0 atom stereocenters. The van der Waals surface area contributed by atoms with Crippen molar-refractivity contribution in [3.05, 3.63) is 30.1 Å². The van der Waals surface area contributed by atoms with Crippen LogP contribution in [0, 0.1) is 5.82 Å². The fraction of sp³-hybridized carbons (Fsp3) is 0.385. The van der Waals surface area contributed by atoms with E-state index in [-0.39, 0.29) is 24.2 Å². The summed E-state index contributed by atoms with van der Waals surface area (Å²) in [4.78, 5) is 22.0. The predicted octanol–water partition coefficient (Wildman–Crippen LogP) is 1.01. The smallest absolute Gasteiger partial charge is 0.238 e. The first-order valence-corrected chi connectivity index (χ1v) is 6.12. The van der Waals surface area contributed by atoms with Crippen LogP contribution in [0.15, 0.2) is 24.3 Å². The number of anilines is 1. The number of unbranched alkanes of at least 4 members (excludes halogenated alkanes) is 1. The van der Waals surface area contributed by atoms with Gasteiger partial charge in [0.15, 0.2) is 0 Å². The third-order valence-corrected chi connectivity index (χ3v) is 2.44. The van der Waals surface area contributed by atoms with Crippen LogP contribution in [0.5, 0.6) is 0 Å². The van der Waals surface area contributed by atoms with Gasteiger partial charge in [-0.1, -0.05) is 0 Å². The molecule has 0 aromatic heterocycles. The van der Waals surface area contributed by atoms with Gasteiger partial charge in [0.1, 0.15) is 5.82 Å². The maximum Gasteiger partial charge on any atom is 0.238 e. The van der Waals surface area contributed by atoms with Crippen LogP contribution in [0.25, 0.3) is 0 Å². The third-order valence-electron chi connectivity index (χ3n) is 2.44. The maximum atomic E-state index is 12.6. The van der Waals surface area contributed by atoms with Crippen LogP contribution in [-0.4, -0.2) is 24.9 Å². The number of primary amides is 1. The highest BCUT2D eigenvalue weighted by Crippen LogP contribution is 2.07. The number of nitrogens with two attached hydrogens (primary N) is 1. The van der Waals surface area contributed by atoms with Crippen molar-refractivity contribution < 1.29 is 14.0 Å². The van der Waals surface area contributed by atoms with E-state index in [0.29, 0.717) is 25.1 Å². The number of hydrogen-bond acceptors (Lipinski definition) is 3. The molecular weight excluding hydrogens is 249 g/mol. The Labute approximate surface area is 111 Å². The number of nitrogens with one attached hydrogen (secondary N) is 2. The highest BCUT2D eigenvalue weighted by atomic mass is 19.1. The molecule has 4 N–H and O–H groups in total. The molecule has 0 aliphatic carbocycles. The number of hydrogen-bond donors (Lipinski definition) is 3. The van der Waals surface area contributed by atoms with Crippen molar-refractivity contribution in [1.82, 2.24) is 5.32 Å². The molecule has 19 heavy (non-hydrogen) atoms. The number of halogens is 1. The van der Waals surface area contributed by atoms with Crippen molar-refractivity contribution in [2.45, 2.75) is 19.3 Å². The lowest BCUT2D eigenvalue weighted by atomic mass is 10.2. The van der Waals surface area contributed by atoms with Gasteiger partial charge >= 0.3 is 0 Å². The molecular formula is C13H18FN3O2. The lowest BCUT2D eigenvalue weighted by molar-refractivity contribution is -0.118. The van der Waals surface area contributed by atoms with Gasteiger partial charge in [0.2, 0.25) is 11.8 Å². The van der Waals surface area contributed by atoms with Gasteiger partial charge in [-0.3, -0.25) is 9.59 Å². The van der Waals surface area contributed by atoms with Crippen LogP contribution < -0.4 is 16.4 Å². The second kappa shape index (κ2) is 8.20. The molecule has 6 heteroatoms. The first-order valence-electron chi connectivity index (χ1n) is 6.12. The molecule has 2 amide bonds. The Morgan fingerprint density at radius 1 is 1.16 bits per heavy atom. The molecule has 0 spiro atoms. The quantitative estimate of drug-likeness (QED) is 0.615. The number of rotatable bonds is 8.